The van der Waals surface area contributed by atoms with Crippen LogP contribution in [0.15, 0.2) is 91.0 Å². The summed E-state index contributed by atoms with van der Waals surface area (Å²) in [5.41, 5.74) is 8.52. The standard InChI is InChI=1S/C37H44N4.BrH/c1-29-26-35(32-20-12-14-22-34(32)40-29)38-24-16-7-5-3-4-6-8-17-25-39-36-27-30(2)41(28-31-18-10-9-11-19-31)37-23-15-13-21-33(36)37;/h9-15,18-23,26-27H,3-8,16-17,24-25,28H2,1-2H3,(H,38,40);1H. The maximum Gasteiger partial charge on any atom is 0.215 e. The van der Waals surface area contributed by atoms with Crippen molar-refractivity contribution in [1.29, 1.82) is 0 Å². The van der Waals surface area contributed by atoms with E-state index in [2.05, 4.69) is 125 Å². The first kappa shape index (κ1) is 31.5. The first-order valence-electron chi connectivity index (χ1n) is 15.5. The average Bonchev–Trinajstić information content (AvgIpc) is 2.99. The highest BCUT2D eigenvalue weighted by molar-refractivity contribution is 5.91. The molecule has 42 heavy (non-hydrogen) atoms. The molecule has 0 saturated heterocycles. The molecule has 5 aromatic rings. The van der Waals surface area contributed by atoms with Gasteiger partial charge in [0.2, 0.25) is 5.52 Å². The predicted octanol–water partition coefficient (Wildman–Crippen LogP) is 5.99. The van der Waals surface area contributed by atoms with E-state index in [1.54, 1.807) is 0 Å². The lowest BCUT2D eigenvalue weighted by molar-refractivity contribution is -0.668. The molecule has 2 N–H and O–H groups in total. The Kier molecular flexibility index (Phi) is 12.2. The fourth-order valence-corrected chi connectivity index (χ4v) is 5.82. The number of rotatable bonds is 15. The number of hydrogen-bond acceptors (Lipinski definition) is 3. The molecular weight excluding hydrogens is 580 g/mol. The summed E-state index contributed by atoms with van der Waals surface area (Å²) in [6, 6.07) is 32.4. The van der Waals surface area contributed by atoms with Gasteiger partial charge in [0, 0.05) is 54.5 Å². The van der Waals surface area contributed by atoms with Gasteiger partial charge in [-0.25, -0.2) is 0 Å². The SMILES string of the molecule is Cc1cc(NCCCCCCCCCCNc2cc(C)[n+](Cc3ccccc3)c3ccccc23)c2ccccc2n1.[Br-]. The van der Waals surface area contributed by atoms with Gasteiger partial charge in [0.25, 0.3) is 0 Å². The van der Waals surface area contributed by atoms with Gasteiger partial charge in [0.15, 0.2) is 12.2 Å². The largest absolute Gasteiger partial charge is 1.00 e. The van der Waals surface area contributed by atoms with Gasteiger partial charge in [-0.2, -0.15) is 4.57 Å². The van der Waals surface area contributed by atoms with E-state index in [0.717, 1.165) is 30.8 Å². The minimum atomic E-state index is 0. The summed E-state index contributed by atoms with van der Waals surface area (Å²) < 4.78 is 2.42. The molecule has 0 radical (unpaired) electrons. The lowest BCUT2D eigenvalue weighted by Gasteiger charge is -2.12. The van der Waals surface area contributed by atoms with Crippen molar-refractivity contribution in [2.75, 3.05) is 23.7 Å². The number of para-hydroxylation sites is 2. The Morgan fingerprint density at radius 3 is 1.83 bits per heavy atom. The lowest BCUT2D eigenvalue weighted by atomic mass is 10.1. The molecular formula is C37H45BrN4. The number of unbranched alkanes of at least 4 members (excludes halogenated alkanes) is 7. The van der Waals surface area contributed by atoms with Crippen LogP contribution in [0.5, 0.6) is 0 Å². The third kappa shape index (κ3) is 8.54. The number of hydrogen-bond donors (Lipinski definition) is 2. The molecule has 0 fully saturated rings. The van der Waals surface area contributed by atoms with Crippen LogP contribution in [0.25, 0.3) is 21.8 Å². The average molecular weight is 626 g/mol. The van der Waals surface area contributed by atoms with Crippen molar-refractivity contribution in [2.45, 2.75) is 71.8 Å². The van der Waals surface area contributed by atoms with Crippen LogP contribution in [0.4, 0.5) is 11.4 Å². The summed E-state index contributed by atoms with van der Waals surface area (Å²) in [4.78, 5) is 4.64. The minimum Gasteiger partial charge on any atom is -1.00 e. The molecule has 5 heteroatoms. The van der Waals surface area contributed by atoms with Gasteiger partial charge in [0.1, 0.15) is 0 Å². The Labute approximate surface area is 262 Å². The fourth-order valence-electron chi connectivity index (χ4n) is 5.82. The van der Waals surface area contributed by atoms with Crippen molar-refractivity contribution in [3.63, 3.8) is 0 Å². The maximum absolute atomic E-state index is 4.64. The van der Waals surface area contributed by atoms with Crippen molar-refractivity contribution < 1.29 is 21.5 Å². The van der Waals surface area contributed by atoms with E-state index in [1.807, 2.05) is 0 Å². The molecule has 0 aliphatic carbocycles. The molecule has 3 aromatic carbocycles. The van der Waals surface area contributed by atoms with Crippen molar-refractivity contribution in [1.82, 2.24) is 4.98 Å². The van der Waals surface area contributed by atoms with Crippen LogP contribution in [-0.4, -0.2) is 18.1 Å². The van der Waals surface area contributed by atoms with E-state index in [9.17, 15) is 0 Å². The van der Waals surface area contributed by atoms with E-state index in [0.29, 0.717) is 0 Å². The summed E-state index contributed by atoms with van der Waals surface area (Å²) >= 11 is 0. The Hall–Kier alpha value is -3.44. The lowest BCUT2D eigenvalue weighted by Crippen LogP contribution is -3.00. The van der Waals surface area contributed by atoms with Crippen LogP contribution in [0.3, 0.4) is 0 Å². The van der Waals surface area contributed by atoms with Crippen LogP contribution in [-0.2, 0) is 6.54 Å². The Morgan fingerprint density at radius 1 is 0.595 bits per heavy atom. The number of benzene rings is 3. The van der Waals surface area contributed by atoms with Gasteiger partial charge in [-0.3, -0.25) is 4.98 Å². The third-order valence-electron chi connectivity index (χ3n) is 8.03. The molecule has 0 aliphatic heterocycles. The minimum absolute atomic E-state index is 0. The molecule has 5 rings (SSSR count). The van der Waals surface area contributed by atoms with Crippen LogP contribution >= 0.6 is 0 Å². The van der Waals surface area contributed by atoms with Gasteiger partial charge in [-0.05, 0) is 38.0 Å². The van der Waals surface area contributed by atoms with Crippen molar-refractivity contribution in [3.05, 3.63) is 108 Å². The van der Waals surface area contributed by atoms with Gasteiger partial charge in [-0.1, -0.05) is 99.2 Å². The van der Waals surface area contributed by atoms with Gasteiger partial charge < -0.3 is 27.6 Å². The smallest absolute Gasteiger partial charge is 0.215 e. The Bertz CT molecular complexity index is 1550. The molecule has 0 atom stereocenters. The van der Waals surface area contributed by atoms with E-state index < -0.39 is 0 Å². The number of halogens is 1. The quantitative estimate of drug-likeness (QED) is 0.111. The molecule has 0 saturated carbocycles. The van der Waals surface area contributed by atoms with Crippen LogP contribution in [0, 0.1) is 13.8 Å². The zero-order valence-electron chi connectivity index (χ0n) is 25.2. The number of nitrogens with zero attached hydrogens (tertiary/aromatic N) is 2. The Balaban J connectivity index is 0.00000405. The van der Waals surface area contributed by atoms with E-state index in [4.69, 9.17) is 0 Å². The Morgan fingerprint density at radius 2 is 1.14 bits per heavy atom. The van der Waals surface area contributed by atoms with E-state index >= 15 is 0 Å². The molecule has 0 bridgehead atoms. The van der Waals surface area contributed by atoms with Crippen LogP contribution in [0.1, 0.15) is 68.3 Å². The third-order valence-corrected chi connectivity index (χ3v) is 8.03. The molecule has 4 nitrogen and oxygen atoms in total. The highest BCUT2D eigenvalue weighted by Crippen LogP contribution is 2.24. The second-order valence-corrected chi connectivity index (χ2v) is 11.3. The van der Waals surface area contributed by atoms with Crippen molar-refractivity contribution in [3.8, 4) is 0 Å². The summed E-state index contributed by atoms with van der Waals surface area (Å²) in [6.07, 6.45) is 10.4. The van der Waals surface area contributed by atoms with Crippen LogP contribution < -0.4 is 32.2 Å². The summed E-state index contributed by atoms with van der Waals surface area (Å²) in [5.74, 6) is 0. The maximum atomic E-state index is 4.64. The molecule has 0 spiro atoms. The normalized spacial score (nSPS) is 11.0. The highest BCUT2D eigenvalue weighted by atomic mass is 79.9. The zero-order chi connectivity index (χ0) is 28.3. The second-order valence-electron chi connectivity index (χ2n) is 11.3. The molecule has 220 valence electrons. The summed E-state index contributed by atoms with van der Waals surface area (Å²) in [6.45, 7) is 7.24. The first-order valence-corrected chi connectivity index (χ1v) is 15.5. The van der Waals surface area contributed by atoms with Crippen LogP contribution in [0.2, 0.25) is 0 Å². The molecule has 2 heterocycles. The van der Waals surface area contributed by atoms with Gasteiger partial charge >= 0.3 is 0 Å². The van der Waals surface area contributed by atoms with Gasteiger partial charge in [-0.15, -0.1) is 0 Å². The van der Waals surface area contributed by atoms with E-state index in [-0.39, 0.29) is 17.0 Å². The second kappa shape index (κ2) is 16.3. The molecule has 0 amide bonds. The highest BCUT2D eigenvalue weighted by Gasteiger charge is 2.16. The number of anilines is 2. The van der Waals surface area contributed by atoms with Gasteiger partial charge in [0.05, 0.1) is 16.6 Å². The number of fused-ring (bicyclic) bond motifs is 2. The predicted molar refractivity (Wildman–Crippen MR) is 175 cm³/mol. The fraction of sp³-hybridized carbons (Fsp3) is 0.351. The number of nitrogens with one attached hydrogen (secondary N) is 2. The molecule has 0 aliphatic rings. The number of aromatic nitrogens is 2. The van der Waals surface area contributed by atoms with E-state index in [1.165, 1.54) is 90.3 Å². The molecule has 0 unspecified atom stereocenters. The summed E-state index contributed by atoms with van der Waals surface area (Å²) in [7, 11) is 0. The molecule has 2 aromatic heterocycles. The first-order chi connectivity index (χ1) is 20.2. The number of pyridine rings is 2. The summed E-state index contributed by atoms with van der Waals surface area (Å²) in [5, 5.41) is 9.91. The number of aryl methyl sites for hydroxylation is 2. The zero-order valence-corrected chi connectivity index (χ0v) is 26.8. The van der Waals surface area contributed by atoms with Crippen molar-refractivity contribution in [2.24, 2.45) is 0 Å². The monoisotopic (exact) mass is 624 g/mol. The topological polar surface area (TPSA) is 40.8 Å². The van der Waals surface area contributed by atoms with Crippen molar-refractivity contribution >= 4 is 33.2 Å².